The average Bonchev–Trinajstić information content (AvgIpc) is 3.00. The molecule has 3 heteroatoms. The standard InChI is InChI=1S/C18H35NO2/c1-2-3-4-5-6-7-8-9-10-13-17(20)16-18(21)19-14-11-12-15-19/h17,20H,2-16H2,1H3. The molecule has 21 heavy (non-hydrogen) atoms. The summed E-state index contributed by atoms with van der Waals surface area (Å²) in [6.45, 7) is 4.03. The maximum absolute atomic E-state index is 11.9. The Morgan fingerprint density at radius 3 is 2.05 bits per heavy atom. The summed E-state index contributed by atoms with van der Waals surface area (Å²) in [5, 5.41) is 9.93. The maximum atomic E-state index is 11.9. The van der Waals surface area contributed by atoms with E-state index in [-0.39, 0.29) is 5.91 Å². The molecule has 1 rings (SSSR count). The Morgan fingerprint density at radius 2 is 1.48 bits per heavy atom. The number of carbonyl (C=O) groups is 1. The highest BCUT2D eigenvalue weighted by Crippen LogP contribution is 2.14. The minimum atomic E-state index is -0.428. The number of hydrogen-bond acceptors (Lipinski definition) is 2. The molecule has 1 unspecified atom stereocenters. The quantitative estimate of drug-likeness (QED) is 0.546. The molecule has 1 saturated heterocycles. The third-order valence-electron chi connectivity index (χ3n) is 4.51. The van der Waals surface area contributed by atoms with E-state index in [4.69, 9.17) is 0 Å². The van der Waals surface area contributed by atoms with Gasteiger partial charge in [0.05, 0.1) is 12.5 Å². The lowest BCUT2D eigenvalue weighted by Crippen LogP contribution is -2.30. The number of carbonyl (C=O) groups excluding carboxylic acids is 1. The Hall–Kier alpha value is -0.570. The van der Waals surface area contributed by atoms with Crippen molar-refractivity contribution in [3.63, 3.8) is 0 Å². The van der Waals surface area contributed by atoms with Crippen LogP contribution in [-0.2, 0) is 4.79 Å². The lowest BCUT2D eigenvalue weighted by molar-refractivity contribution is -0.132. The van der Waals surface area contributed by atoms with Crippen molar-refractivity contribution in [1.82, 2.24) is 4.90 Å². The third kappa shape index (κ3) is 9.13. The van der Waals surface area contributed by atoms with Gasteiger partial charge in [0.1, 0.15) is 0 Å². The van der Waals surface area contributed by atoms with Crippen molar-refractivity contribution in [2.45, 2.75) is 96.5 Å². The van der Waals surface area contributed by atoms with Crippen molar-refractivity contribution in [2.75, 3.05) is 13.1 Å². The zero-order valence-corrected chi connectivity index (χ0v) is 14.0. The average molecular weight is 297 g/mol. The Kier molecular flexibility index (Phi) is 10.6. The molecular weight excluding hydrogens is 262 g/mol. The molecule has 0 aliphatic carbocycles. The molecule has 1 atom stereocenters. The summed E-state index contributed by atoms with van der Waals surface area (Å²) in [4.78, 5) is 13.8. The fourth-order valence-corrected chi connectivity index (χ4v) is 3.09. The van der Waals surface area contributed by atoms with Gasteiger partial charge < -0.3 is 10.0 Å². The van der Waals surface area contributed by atoms with Gasteiger partial charge in [-0.1, -0.05) is 64.7 Å². The smallest absolute Gasteiger partial charge is 0.225 e. The number of aliphatic hydroxyl groups excluding tert-OH is 1. The highest BCUT2D eigenvalue weighted by atomic mass is 16.3. The van der Waals surface area contributed by atoms with E-state index in [1.54, 1.807) is 0 Å². The van der Waals surface area contributed by atoms with Gasteiger partial charge in [0.15, 0.2) is 0 Å². The van der Waals surface area contributed by atoms with Crippen LogP contribution in [0.25, 0.3) is 0 Å². The fraction of sp³-hybridized carbons (Fsp3) is 0.944. The number of aliphatic hydroxyl groups is 1. The first-order chi connectivity index (χ1) is 10.2. The molecule has 1 heterocycles. The highest BCUT2D eigenvalue weighted by Gasteiger charge is 2.20. The van der Waals surface area contributed by atoms with Crippen molar-refractivity contribution in [2.24, 2.45) is 0 Å². The van der Waals surface area contributed by atoms with Crippen LogP contribution in [-0.4, -0.2) is 35.1 Å². The van der Waals surface area contributed by atoms with Gasteiger partial charge in [0.2, 0.25) is 5.91 Å². The molecule has 0 saturated carbocycles. The van der Waals surface area contributed by atoms with Crippen LogP contribution < -0.4 is 0 Å². The molecule has 1 fully saturated rings. The molecule has 0 aromatic heterocycles. The Bertz CT molecular complexity index is 262. The second-order valence-electron chi connectivity index (χ2n) is 6.56. The first-order valence-corrected chi connectivity index (χ1v) is 9.20. The lowest BCUT2D eigenvalue weighted by Gasteiger charge is -2.17. The van der Waals surface area contributed by atoms with Crippen molar-refractivity contribution in [3.05, 3.63) is 0 Å². The van der Waals surface area contributed by atoms with Crippen LogP contribution in [0.15, 0.2) is 0 Å². The van der Waals surface area contributed by atoms with Crippen molar-refractivity contribution in [1.29, 1.82) is 0 Å². The van der Waals surface area contributed by atoms with E-state index in [1.165, 1.54) is 51.4 Å². The summed E-state index contributed by atoms with van der Waals surface area (Å²) < 4.78 is 0. The number of likely N-dealkylation sites (tertiary alicyclic amines) is 1. The first kappa shape index (κ1) is 18.5. The van der Waals surface area contributed by atoms with Gasteiger partial charge in [0, 0.05) is 13.1 Å². The first-order valence-electron chi connectivity index (χ1n) is 9.20. The Morgan fingerprint density at radius 1 is 0.952 bits per heavy atom. The van der Waals surface area contributed by atoms with E-state index in [0.717, 1.165) is 38.8 Å². The van der Waals surface area contributed by atoms with Crippen molar-refractivity contribution in [3.8, 4) is 0 Å². The minimum Gasteiger partial charge on any atom is -0.393 e. The summed E-state index contributed by atoms with van der Waals surface area (Å²) in [5.74, 6) is 0.149. The van der Waals surface area contributed by atoms with Crippen LogP contribution in [0.4, 0.5) is 0 Å². The Labute approximate surface area is 131 Å². The summed E-state index contributed by atoms with van der Waals surface area (Å²) in [7, 11) is 0. The van der Waals surface area contributed by atoms with Crippen LogP contribution in [0.5, 0.6) is 0 Å². The molecule has 0 aromatic rings. The topological polar surface area (TPSA) is 40.5 Å². The summed E-state index contributed by atoms with van der Waals surface area (Å²) in [5.41, 5.74) is 0. The van der Waals surface area contributed by atoms with Crippen molar-refractivity contribution < 1.29 is 9.90 Å². The zero-order chi connectivity index (χ0) is 15.3. The van der Waals surface area contributed by atoms with E-state index < -0.39 is 6.10 Å². The summed E-state index contributed by atoms with van der Waals surface area (Å²) in [6.07, 6.45) is 14.6. The molecule has 0 bridgehead atoms. The number of nitrogens with zero attached hydrogens (tertiary/aromatic N) is 1. The van der Waals surface area contributed by atoms with Crippen LogP contribution in [0.2, 0.25) is 0 Å². The third-order valence-corrected chi connectivity index (χ3v) is 4.51. The van der Waals surface area contributed by atoms with E-state index in [1.807, 2.05) is 4.90 Å². The van der Waals surface area contributed by atoms with Gasteiger partial charge in [-0.25, -0.2) is 0 Å². The number of unbranched alkanes of at least 4 members (excludes halogenated alkanes) is 8. The molecule has 0 aromatic carbocycles. The molecule has 1 amide bonds. The molecule has 0 radical (unpaired) electrons. The summed E-state index contributed by atoms with van der Waals surface area (Å²) in [6, 6.07) is 0. The van der Waals surface area contributed by atoms with Gasteiger partial charge in [-0.15, -0.1) is 0 Å². The molecule has 0 spiro atoms. The van der Waals surface area contributed by atoms with Gasteiger partial charge in [0.25, 0.3) is 0 Å². The van der Waals surface area contributed by atoms with E-state index in [9.17, 15) is 9.90 Å². The molecular formula is C18H35NO2. The van der Waals surface area contributed by atoms with Crippen LogP contribution in [0, 0.1) is 0 Å². The maximum Gasteiger partial charge on any atom is 0.225 e. The van der Waals surface area contributed by atoms with E-state index in [2.05, 4.69) is 6.92 Å². The molecule has 1 aliphatic heterocycles. The fourth-order valence-electron chi connectivity index (χ4n) is 3.09. The second kappa shape index (κ2) is 12.0. The predicted octanol–water partition coefficient (Wildman–Crippen LogP) is 4.28. The number of amides is 1. The molecule has 3 nitrogen and oxygen atoms in total. The van der Waals surface area contributed by atoms with Crippen LogP contribution in [0.1, 0.15) is 90.4 Å². The largest absolute Gasteiger partial charge is 0.393 e. The SMILES string of the molecule is CCCCCCCCCCCC(O)CC(=O)N1CCCC1. The van der Waals surface area contributed by atoms with E-state index in [0.29, 0.717) is 6.42 Å². The van der Waals surface area contributed by atoms with Gasteiger partial charge in [-0.3, -0.25) is 4.79 Å². The second-order valence-corrected chi connectivity index (χ2v) is 6.56. The summed E-state index contributed by atoms with van der Waals surface area (Å²) >= 11 is 0. The molecule has 1 aliphatic rings. The Balaban J connectivity index is 1.88. The highest BCUT2D eigenvalue weighted by molar-refractivity contribution is 5.76. The number of rotatable bonds is 12. The lowest BCUT2D eigenvalue weighted by atomic mass is 10.0. The minimum absolute atomic E-state index is 0.149. The zero-order valence-electron chi connectivity index (χ0n) is 14.0. The van der Waals surface area contributed by atoms with Crippen LogP contribution in [0.3, 0.4) is 0 Å². The predicted molar refractivity (Wildman–Crippen MR) is 88.3 cm³/mol. The molecule has 1 N–H and O–H groups in total. The number of hydrogen-bond donors (Lipinski definition) is 1. The van der Waals surface area contributed by atoms with Gasteiger partial charge in [-0.05, 0) is 19.3 Å². The van der Waals surface area contributed by atoms with Gasteiger partial charge in [-0.2, -0.15) is 0 Å². The monoisotopic (exact) mass is 297 g/mol. The van der Waals surface area contributed by atoms with Gasteiger partial charge >= 0.3 is 0 Å². The van der Waals surface area contributed by atoms with E-state index >= 15 is 0 Å². The van der Waals surface area contributed by atoms with Crippen LogP contribution >= 0.6 is 0 Å². The van der Waals surface area contributed by atoms with Crippen molar-refractivity contribution >= 4 is 5.91 Å². The molecule has 124 valence electrons. The normalized spacial score (nSPS) is 16.4.